The van der Waals surface area contributed by atoms with Gasteiger partial charge in [0.1, 0.15) is 5.84 Å². The Morgan fingerprint density at radius 1 is 0.929 bits per heavy atom. The maximum atomic E-state index is 14.1. The van der Waals surface area contributed by atoms with E-state index >= 15 is 0 Å². The van der Waals surface area contributed by atoms with E-state index in [4.69, 9.17) is 4.99 Å². The van der Waals surface area contributed by atoms with Crippen LogP contribution in [0.3, 0.4) is 0 Å². The Hall–Kier alpha value is -1.68. The molecule has 2 saturated heterocycles. The minimum atomic E-state index is -0.296. The molecule has 28 heavy (non-hydrogen) atoms. The van der Waals surface area contributed by atoms with Gasteiger partial charge in [0.05, 0.1) is 22.7 Å². The second-order valence-electron chi connectivity index (χ2n) is 9.83. The summed E-state index contributed by atoms with van der Waals surface area (Å²) < 4.78 is 0. The zero-order chi connectivity index (χ0) is 19.8. The topological polar surface area (TPSA) is 35.9 Å². The number of carbonyl (C=O) groups is 1. The van der Waals surface area contributed by atoms with Crippen LogP contribution < -0.4 is 4.90 Å². The lowest BCUT2D eigenvalue weighted by atomic mass is 9.69. The minimum absolute atomic E-state index is 0.125. The summed E-state index contributed by atoms with van der Waals surface area (Å²) in [5, 5.41) is 0. The van der Waals surface area contributed by atoms with Crippen molar-refractivity contribution in [2.24, 2.45) is 10.4 Å². The molecule has 0 radical (unpaired) electrons. The van der Waals surface area contributed by atoms with Crippen LogP contribution in [0.15, 0.2) is 35.3 Å². The van der Waals surface area contributed by atoms with Crippen LogP contribution in [0.1, 0.15) is 72.1 Å². The van der Waals surface area contributed by atoms with E-state index in [1.54, 1.807) is 0 Å². The maximum Gasteiger partial charge on any atom is 0.240 e. The number of aliphatic imine (C=N–C) groups is 1. The van der Waals surface area contributed by atoms with E-state index in [9.17, 15) is 4.79 Å². The lowest BCUT2D eigenvalue weighted by Crippen LogP contribution is -2.53. The van der Waals surface area contributed by atoms with E-state index < -0.39 is 0 Å². The smallest absolute Gasteiger partial charge is 0.240 e. The Balaban J connectivity index is 1.87. The second-order valence-corrected chi connectivity index (χ2v) is 9.83. The van der Waals surface area contributed by atoms with Crippen molar-refractivity contribution < 1.29 is 4.79 Å². The number of hydrogen-bond donors (Lipinski definition) is 0. The lowest BCUT2D eigenvalue weighted by Gasteiger charge is -2.43. The monoisotopic (exact) mass is 381 g/mol. The molecule has 2 heterocycles. The van der Waals surface area contributed by atoms with Crippen molar-refractivity contribution in [2.45, 2.75) is 83.7 Å². The minimum Gasteiger partial charge on any atom is -0.293 e. The molecule has 1 aromatic carbocycles. The number of benzene rings is 1. The molecular formula is C24H35N3O. The van der Waals surface area contributed by atoms with Crippen LogP contribution in [0.4, 0.5) is 5.69 Å². The van der Waals surface area contributed by atoms with Gasteiger partial charge < -0.3 is 0 Å². The fraction of sp³-hybridized carbons (Fsp3) is 0.667. The zero-order valence-corrected chi connectivity index (χ0v) is 17.8. The average Bonchev–Trinajstić information content (AvgIpc) is 2.90. The van der Waals surface area contributed by atoms with Crippen LogP contribution in [0, 0.1) is 5.41 Å². The van der Waals surface area contributed by atoms with Crippen LogP contribution in [0.25, 0.3) is 0 Å². The van der Waals surface area contributed by atoms with Gasteiger partial charge in [0.15, 0.2) is 0 Å². The number of piperidine rings is 1. The standard InChI is InChI=1S/C24H35N3O/c1-23(2,3)25-21-20(26-17-11-6-12-18-26)24(15-9-5-10-16-24)22(28)27(21)19-13-7-4-8-14-19/h4,7-8,13-14,20H,5-6,9-12,15-18H2,1-3H3/t20-/m1/s1. The fourth-order valence-electron chi connectivity index (χ4n) is 5.45. The molecule has 1 aliphatic carbocycles. The van der Waals surface area contributed by atoms with Gasteiger partial charge in [-0.1, -0.05) is 43.9 Å². The molecule has 3 fully saturated rings. The number of amidine groups is 1. The molecule has 3 aliphatic rings. The van der Waals surface area contributed by atoms with Gasteiger partial charge in [-0.2, -0.15) is 0 Å². The molecule has 1 saturated carbocycles. The molecule has 1 amide bonds. The fourth-order valence-corrected chi connectivity index (χ4v) is 5.45. The first-order valence-electron chi connectivity index (χ1n) is 11.2. The SMILES string of the molecule is CC(C)(C)N=C1[C@@H](N2CCCCC2)C2(CCCCC2)C(=O)N1c1ccccc1. The highest BCUT2D eigenvalue weighted by Crippen LogP contribution is 2.49. The molecule has 152 valence electrons. The van der Waals surface area contributed by atoms with Gasteiger partial charge in [0, 0.05) is 0 Å². The Kier molecular flexibility index (Phi) is 5.34. The normalized spacial score (nSPS) is 27.7. The van der Waals surface area contributed by atoms with Gasteiger partial charge in [-0.05, 0) is 71.7 Å². The summed E-state index contributed by atoms with van der Waals surface area (Å²) in [6, 6.07) is 10.3. The van der Waals surface area contributed by atoms with Crippen molar-refractivity contribution in [3.8, 4) is 0 Å². The van der Waals surface area contributed by atoms with Crippen molar-refractivity contribution in [1.82, 2.24) is 4.90 Å². The van der Waals surface area contributed by atoms with E-state index in [0.29, 0.717) is 0 Å². The molecule has 4 rings (SSSR count). The molecule has 0 bridgehead atoms. The van der Waals surface area contributed by atoms with E-state index in [0.717, 1.165) is 50.3 Å². The molecular weight excluding hydrogens is 346 g/mol. The molecule has 4 heteroatoms. The maximum absolute atomic E-state index is 14.1. The van der Waals surface area contributed by atoms with Crippen molar-refractivity contribution >= 4 is 17.4 Å². The van der Waals surface area contributed by atoms with E-state index in [2.05, 4.69) is 37.8 Å². The highest BCUT2D eigenvalue weighted by molar-refractivity contribution is 6.27. The summed E-state index contributed by atoms with van der Waals surface area (Å²) in [6.07, 6.45) is 9.32. The predicted octanol–water partition coefficient (Wildman–Crippen LogP) is 5.04. The molecule has 1 aromatic rings. The first kappa shape index (κ1) is 19.6. The summed E-state index contributed by atoms with van der Waals surface area (Å²) in [4.78, 5) is 23.8. The van der Waals surface area contributed by atoms with Crippen molar-refractivity contribution in [3.63, 3.8) is 0 Å². The predicted molar refractivity (Wildman–Crippen MR) is 116 cm³/mol. The van der Waals surface area contributed by atoms with Crippen LogP contribution in [-0.4, -0.2) is 41.3 Å². The Bertz CT molecular complexity index is 722. The highest BCUT2D eigenvalue weighted by Gasteiger charge is 2.60. The largest absolute Gasteiger partial charge is 0.293 e. The van der Waals surface area contributed by atoms with Crippen LogP contribution in [0.2, 0.25) is 0 Å². The number of hydrogen-bond acceptors (Lipinski definition) is 3. The number of rotatable bonds is 2. The first-order valence-corrected chi connectivity index (χ1v) is 11.2. The molecule has 2 aliphatic heterocycles. The first-order chi connectivity index (χ1) is 13.4. The van der Waals surface area contributed by atoms with Crippen molar-refractivity contribution in [1.29, 1.82) is 0 Å². The van der Waals surface area contributed by atoms with Gasteiger partial charge in [0.2, 0.25) is 5.91 Å². The van der Waals surface area contributed by atoms with Gasteiger partial charge in [0.25, 0.3) is 0 Å². The Labute approximate surface area is 170 Å². The summed E-state index contributed by atoms with van der Waals surface area (Å²) in [7, 11) is 0. The summed E-state index contributed by atoms with van der Waals surface area (Å²) >= 11 is 0. The molecule has 1 atom stereocenters. The van der Waals surface area contributed by atoms with Gasteiger partial charge >= 0.3 is 0 Å². The van der Waals surface area contributed by atoms with E-state index in [1.165, 1.54) is 25.7 Å². The molecule has 0 N–H and O–H groups in total. The van der Waals surface area contributed by atoms with Gasteiger partial charge in [-0.3, -0.25) is 19.6 Å². The van der Waals surface area contributed by atoms with Crippen LogP contribution in [0.5, 0.6) is 0 Å². The number of likely N-dealkylation sites (tertiary alicyclic amines) is 1. The summed E-state index contributed by atoms with van der Waals surface area (Å²) in [6.45, 7) is 8.61. The van der Waals surface area contributed by atoms with E-state index in [-0.39, 0.29) is 22.9 Å². The number of anilines is 1. The van der Waals surface area contributed by atoms with Gasteiger partial charge in [-0.15, -0.1) is 0 Å². The highest BCUT2D eigenvalue weighted by atomic mass is 16.2. The second kappa shape index (κ2) is 7.62. The number of para-hydroxylation sites is 1. The van der Waals surface area contributed by atoms with Crippen molar-refractivity contribution in [2.75, 3.05) is 18.0 Å². The third-order valence-electron chi connectivity index (χ3n) is 6.59. The van der Waals surface area contributed by atoms with E-state index in [1.807, 2.05) is 23.1 Å². The Morgan fingerprint density at radius 3 is 2.14 bits per heavy atom. The molecule has 0 unspecified atom stereocenters. The average molecular weight is 382 g/mol. The quantitative estimate of drug-likeness (QED) is 0.720. The van der Waals surface area contributed by atoms with Gasteiger partial charge in [-0.25, -0.2) is 0 Å². The molecule has 4 nitrogen and oxygen atoms in total. The number of amides is 1. The van der Waals surface area contributed by atoms with Crippen LogP contribution in [-0.2, 0) is 4.79 Å². The lowest BCUT2D eigenvalue weighted by molar-refractivity contribution is -0.130. The third-order valence-corrected chi connectivity index (χ3v) is 6.59. The summed E-state index contributed by atoms with van der Waals surface area (Å²) in [5.41, 5.74) is 0.465. The van der Waals surface area contributed by atoms with Crippen LogP contribution >= 0.6 is 0 Å². The molecule has 1 spiro atoms. The number of nitrogens with zero attached hydrogens (tertiary/aromatic N) is 3. The molecule has 0 aromatic heterocycles. The summed E-state index contributed by atoms with van der Waals surface area (Å²) in [5.74, 6) is 1.28. The Morgan fingerprint density at radius 2 is 1.54 bits per heavy atom. The number of carbonyl (C=O) groups excluding carboxylic acids is 1. The zero-order valence-electron chi connectivity index (χ0n) is 17.8. The van der Waals surface area contributed by atoms with Crippen molar-refractivity contribution in [3.05, 3.63) is 30.3 Å². The third kappa shape index (κ3) is 3.52.